The highest BCUT2D eigenvalue weighted by Crippen LogP contribution is 2.44. The van der Waals surface area contributed by atoms with Crippen LogP contribution in [0.1, 0.15) is 36.6 Å². The number of anilines is 1. The lowest BCUT2D eigenvalue weighted by molar-refractivity contribution is -0.132. The highest BCUT2D eigenvalue weighted by Gasteiger charge is 2.47. The van der Waals surface area contributed by atoms with E-state index in [9.17, 15) is 14.7 Å². The summed E-state index contributed by atoms with van der Waals surface area (Å²) in [5, 5.41) is 11.8. The monoisotopic (exact) mass is 491 g/mol. The van der Waals surface area contributed by atoms with E-state index in [2.05, 4.69) is 0 Å². The third-order valence-electron chi connectivity index (χ3n) is 5.81. The largest absolute Gasteiger partial charge is 0.507 e. The number of benzene rings is 3. The summed E-state index contributed by atoms with van der Waals surface area (Å²) in [5.74, 6) is -0.812. The molecule has 1 aliphatic heterocycles. The van der Waals surface area contributed by atoms with Crippen LogP contribution in [0, 0.1) is 6.92 Å². The zero-order valence-electron chi connectivity index (χ0n) is 19.7. The van der Waals surface area contributed by atoms with Crippen LogP contribution < -0.4 is 14.4 Å². The number of amides is 1. The Bertz CT molecular complexity index is 1320. The number of rotatable bonds is 7. The lowest BCUT2D eigenvalue weighted by Crippen LogP contribution is -2.30. The smallest absolute Gasteiger partial charge is 0.300 e. The summed E-state index contributed by atoms with van der Waals surface area (Å²) in [6.07, 6.45) is 0. The van der Waals surface area contributed by atoms with Gasteiger partial charge in [0, 0.05) is 11.3 Å². The summed E-state index contributed by atoms with van der Waals surface area (Å²) < 4.78 is 11.2. The highest BCUT2D eigenvalue weighted by molar-refractivity contribution is 6.51. The van der Waals surface area contributed by atoms with E-state index >= 15 is 0 Å². The Balaban J connectivity index is 1.95. The molecule has 0 aromatic heterocycles. The molecule has 1 saturated heterocycles. The number of hydrogen-bond donors (Lipinski definition) is 1. The lowest BCUT2D eigenvalue weighted by atomic mass is 9.94. The Hall–Kier alpha value is -3.77. The molecule has 4 rings (SSSR count). The predicted molar refractivity (Wildman–Crippen MR) is 136 cm³/mol. The second-order valence-corrected chi connectivity index (χ2v) is 8.45. The molecule has 0 spiro atoms. The maximum absolute atomic E-state index is 13.4. The van der Waals surface area contributed by atoms with E-state index < -0.39 is 17.7 Å². The number of aliphatic hydroxyl groups is 1. The fourth-order valence-electron chi connectivity index (χ4n) is 4.24. The van der Waals surface area contributed by atoms with Crippen molar-refractivity contribution in [3.63, 3.8) is 0 Å². The summed E-state index contributed by atoms with van der Waals surface area (Å²) in [6.45, 7) is 6.42. The molecule has 0 radical (unpaired) electrons. The van der Waals surface area contributed by atoms with Gasteiger partial charge in [0.15, 0.2) is 0 Å². The van der Waals surface area contributed by atoms with Crippen molar-refractivity contribution in [1.82, 2.24) is 0 Å². The molecule has 3 aromatic rings. The number of ketones is 1. The van der Waals surface area contributed by atoms with E-state index in [-0.39, 0.29) is 11.3 Å². The van der Waals surface area contributed by atoms with Gasteiger partial charge in [0.25, 0.3) is 11.7 Å². The number of aryl methyl sites for hydroxylation is 1. The molecular weight excluding hydrogens is 466 g/mol. The van der Waals surface area contributed by atoms with E-state index in [4.69, 9.17) is 21.1 Å². The van der Waals surface area contributed by atoms with Crippen LogP contribution in [-0.4, -0.2) is 30.0 Å². The lowest BCUT2D eigenvalue weighted by Gasteiger charge is -2.27. The minimum absolute atomic E-state index is 0.0170. The molecule has 1 aliphatic rings. The first-order valence-corrected chi connectivity index (χ1v) is 11.8. The molecule has 1 unspecified atom stereocenters. The van der Waals surface area contributed by atoms with Crippen LogP contribution in [0.5, 0.6) is 11.5 Å². The molecule has 3 aromatic carbocycles. The Morgan fingerprint density at radius 3 is 2.43 bits per heavy atom. The van der Waals surface area contributed by atoms with Crippen LogP contribution in [0.25, 0.3) is 5.76 Å². The summed E-state index contributed by atoms with van der Waals surface area (Å²) in [5.41, 5.74) is 2.36. The zero-order chi connectivity index (χ0) is 25.1. The molecule has 1 heterocycles. The fourth-order valence-corrected chi connectivity index (χ4v) is 4.42. The van der Waals surface area contributed by atoms with E-state index in [0.717, 1.165) is 5.56 Å². The number of hydrogen-bond acceptors (Lipinski definition) is 5. The van der Waals surface area contributed by atoms with E-state index in [1.165, 1.54) is 4.90 Å². The van der Waals surface area contributed by atoms with Crippen molar-refractivity contribution in [3.05, 3.63) is 94.0 Å². The van der Waals surface area contributed by atoms with Gasteiger partial charge in [-0.05, 0) is 68.3 Å². The van der Waals surface area contributed by atoms with Crippen molar-refractivity contribution in [2.45, 2.75) is 26.8 Å². The standard InChI is InChI=1S/C28H26ClNO5/c1-4-34-20-11-8-10-18(15-20)25-24(26(31)19-13-14-21(29)23(16-19)35-5-2)27(32)28(33)30(25)22-12-7-6-9-17(22)3/h6-16,25,31H,4-5H2,1-3H3/b26-24-. The molecule has 180 valence electrons. The number of halogens is 1. The molecule has 0 bridgehead atoms. The molecule has 0 aliphatic carbocycles. The van der Waals surface area contributed by atoms with Gasteiger partial charge in [-0.25, -0.2) is 0 Å². The third kappa shape index (κ3) is 4.62. The van der Waals surface area contributed by atoms with E-state index in [1.807, 2.05) is 45.0 Å². The number of para-hydroxylation sites is 1. The Morgan fingerprint density at radius 1 is 0.971 bits per heavy atom. The van der Waals surface area contributed by atoms with Crippen LogP contribution in [0.2, 0.25) is 5.02 Å². The van der Waals surface area contributed by atoms with Gasteiger partial charge >= 0.3 is 0 Å². The van der Waals surface area contributed by atoms with Gasteiger partial charge in [0.05, 0.1) is 29.9 Å². The molecule has 1 atom stereocenters. The van der Waals surface area contributed by atoms with Crippen LogP contribution in [-0.2, 0) is 9.59 Å². The molecular formula is C28H26ClNO5. The SMILES string of the molecule is CCOc1cccc(C2/C(=C(/O)c3ccc(Cl)c(OCC)c3)C(=O)C(=O)N2c2ccccc2C)c1. The Labute approximate surface area is 209 Å². The van der Waals surface area contributed by atoms with Crippen molar-refractivity contribution in [2.75, 3.05) is 18.1 Å². The van der Waals surface area contributed by atoms with E-state index in [0.29, 0.717) is 46.5 Å². The zero-order valence-corrected chi connectivity index (χ0v) is 20.5. The van der Waals surface area contributed by atoms with Gasteiger partial charge < -0.3 is 14.6 Å². The summed E-state index contributed by atoms with van der Waals surface area (Å²) in [6, 6.07) is 18.4. The van der Waals surface area contributed by atoms with Crippen molar-refractivity contribution in [1.29, 1.82) is 0 Å². The maximum Gasteiger partial charge on any atom is 0.300 e. The fraction of sp³-hybridized carbons (Fsp3) is 0.214. The third-order valence-corrected chi connectivity index (χ3v) is 6.12. The van der Waals surface area contributed by atoms with Gasteiger partial charge in [-0.15, -0.1) is 0 Å². The summed E-state index contributed by atoms with van der Waals surface area (Å²) >= 11 is 6.22. The number of carbonyl (C=O) groups is 2. The van der Waals surface area contributed by atoms with E-state index in [1.54, 1.807) is 42.5 Å². The van der Waals surface area contributed by atoms with Gasteiger partial charge in [-0.1, -0.05) is 41.9 Å². The summed E-state index contributed by atoms with van der Waals surface area (Å²) in [7, 11) is 0. The minimum atomic E-state index is -0.859. The van der Waals surface area contributed by atoms with Crippen LogP contribution >= 0.6 is 11.6 Å². The highest BCUT2D eigenvalue weighted by atomic mass is 35.5. The van der Waals surface area contributed by atoms with Crippen molar-refractivity contribution >= 4 is 34.7 Å². The second kappa shape index (κ2) is 10.2. The van der Waals surface area contributed by atoms with Gasteiger partial charge in [0.2, 0.25) is 0 Å². The normalized spacial score (nSPS) is 17.0. The first-order valence-electron chi connectivity index (χ1n) is 11.4. The first-order chi connectivity index (χ1) is 16.9. The quantitative estimate of drug-likeness (QED) is 0.246. The topological polar surface area (TPSA) is 76.1 Å². The number of aliphatic hydroxyl groups excluding tert-OH is 1. The van der Waals surface area contributed by atoms with Gasteiger partial charge in [0.1, 0.15) is 17.3 Å². The molecule has 35 heavy (non-hydrogen) atoms. The average molecular weight is 492 g/mol. The minimum Gasteiger partial charge on any atom is -0.507 e. The average Bonchev–Trinajstić information content (AvgIpc) is 3.11. The predicted octanol–water partition coefficient (Wildman–Crippen LogP) is 6.07. The summed E-state index contributed by atoms with van der Waals surface area (Å²) in [4.78, 5) is 28.2. The second-order valence-electron chi connectivity index (χ2n) is 8.04. The molecule has 1 amide bonds. The van der Waals surface area contributed by atoms with Crippen LogP contribution in [0.15, 0.2) is 72.3 Å². The number of Topliss-reactive ketones (excluding diaryl/α,β-unsaturated/α-hetero) is 1. The van der Waals surface area contributed by atoms with Crippen LogP contribution in [0.3, 0.4) is 0 Å². The number of nitrogens with zero attached hydrogens (tertiary/aromatic N) is 1. The molecule has 6 nitrogen and oxygen atoms in total. The Kier molecular flexibility index (Phi) is 7.12. The maximum atomic E-state index is 13.4. The molecule has 1 N–H and O–H groups in total. The van der Waals surface area contributed by atoms with Crippen molar-refractivity contribution in [2.24, 2.45) is 0 Å². The van der Waals surface area contributed by atoms with Crippen molar-refractivity contribution in [3.8, 4) is 11.5 Å². The molecule has 1 fully saturated rings. The number of carbonyl (C=O) groups excluding carboxylic acids is 2. The van der Waals surface area contributed by atoms with Crippen molar-refractivity contribution < 1.29 is 24.2 Å². The van der Waals surface area contributed by atoms with Gasteiger partial charge in [-0.2, -0.15) is 0 Å². The van der Waals surface area contributed by atoms with Gasteiger partial charge in [-0.3, -0.25) is 14.5 Å². The number of ether oxygens (including phenoxy) is 2. The molecule has 7 heteroatoms. The first kappa shape index (κ1) is 24.4. The Morgan fingerprint density at radius 2 is 1.71 bits per heavy atom. The molecule has 0 saturated carbocycles. The van der Waals surface area contributed by atoms with Crippen LogP contribution in [0.4, 0.5) is 5.69 Å².